The standard InChI is InChI=1S/C23H31FN2O3S.2ClH/c1-3-29-21(27)15-25(2)12-10-17-14-26(13-11-20(17)30)22(23(28)16-8-9-16)18-6-4-5-7-19(18)24;;/h4-7,10,16,20,22,30H,3,8-9,11-15H2,1-2H3;2*1H/b17-10-;;. The van der Waals surface area contributed by atoms with E-state index in [1.807, 2.05) is 11.9 Å². The number of likely N-dealkylation sites (tertiary alicyclic amines) is 1. The highest BCUT2D eigenvalue weighted by atomic mass is 35.5. The second-order valence-electron chi connectivity index (χ2n) is 8.16. The van der Waals surface area contributed by atoms with Gasteiger partial charge in [-0.25, -0.2) is 4.39 Å². The smallest absolute Gasteiger partial charge is 0.320 e. The number of nitrogens with zero attached hydrogens (tertiary/aromatic N) is 2. The van der Waals surface area contributed by atoms with Crippen molar-refractivity contribution in [1.82, 2.24) is 9.80 Å². The molecule has 1 saturated heterocycles. The fourth-order valence-corrected chi connectivity index (χ4v) is 4.20. The van der Waals surface area contributed by atoms with E-state index in [0.717, 1.165) is 24.8 Å². The Bertz CT molecular complexity index is 807. The molecule has 1 aromatic rings. The van der Waals surface area contributed by atoms with Gasteiger partial charge in [0.15, 0.2) is 5.78 Å². The lowest BCUT2D eigenvalue weighted by Gasteiger charge is -2.38. The molecule has 0 radical (unpaired) electrons. The van der Waals surface area contributed by atoms with Crippen LogP contribution in [-0.2, 0) is 14.3 Å². The van der Waals surface area contributed by atoms with Crippen LogP contribution in [0.5, 0.6) is 0 Å². The van der Waals surface area contributed by atoms with Gasteiger partial charge in [-0.3, -0.25) is 19.4 Å². The number of ether oxygens (including phenoxy) is 1. The maximum atomic E-state index is 14.6. The van der Waals surface area contributed by atoms with Crippen LogP contribution in [0.3, 0.4) is 0 Å². The Hall–Kier alpha value is -1.12. The van der Waals surface area contributed by atoms with Crippen molar-refractivity contribution in [1.29, 1.82) is 0 Å². The first-order valence-corrected chi connectivity index (χ1v) is 11.2. The molecule has 2 aliphatic rings. The number of piperidine rings is 1. The zero-order valence-electron chi connectivity index (χ0n) is 18.5. The van der Waals surface area contributed by atoms with Gasteiger partial charge in [0.05, 0.1) is 19.2 Å². The second-order valence-corrected chi connectivity index (χ2v) is 8.78. The molecule has 1 saturated carbocycles. The minimum absolute atomic E-state index is 0. The molecular weight excluding hydrogens is 474 g/mol. The van der Waals surface area contributed by atoms with Crippen molar-refractivity contribution >= 4 is 49.2 Å². The Morgan fingerprint density at radius 2 is 1.97 bits per heavy atom. The molecule has 1 heterocycles. The second kappa shape index (κ2) is 13.6. The van der Waals surface area contributed by atoms with Crippen LogP contribution in [0.15, 0.2) is 35.9 Å². The molecule has 2 unspecified atom stereocenters. The van der Waals surface area contributed by atoms with Gasteiger partial charge in [0.1, 0.15) is 5.82 Å². The minimum atomic E-state index is -0.555. The monoisotopic (exact) mass is 506 g/mol. The molecule has 9 heteroatoms. The number of hydrogen-bond acceptors (Lipinski definition) is 6. The highest BCUT2D eigenvalue weighted by Gasteiger charge is 2.40. The van der Waals surface area contributed by atoms with Gasteiger partial charge in [-0.15, -0.1) is 24.8 Å². The van der Waals surface area contributed by atoms with E-state index in [9.17, 15) is 14.0 Å². The SMILES string of the molecule is CCOC(=O)CN(C)C/C=C1/CN(C(C(=O)C2CC2)c2ccccc2F)CCC1S.Cl.Cl. The van der Waals surface area contributed by atoms with Crippen molar-refractivity contribution in [2.24, 2.45) is 5.92 Å². The van der Waals surface area contributed by atoms with Gasteiger partial charge in [0.25, 0.3) is 0 Å². The summed E-state index contributed by atoms with van der Waals surface area (Å²) in [7, 11) is 1.86. The molecule has 0 aromatic heterocycles. The number of halogens is 3. The van der Waals surface area contributed by atoms with Crippen LogP contribution < -0.4 is 0 Å². The quantitative estimate of drug-likeness (QED) is 0.310. The van der Waals surface area contributed by atoms with Gasteiger partial charge in [-0.05, 0) is 44.9 Å². The predicted octanol–water partition coefficient (Wildman–Crippen LogP) is 4.11. The first-order chi connectivity index (χ1) is 14.4. The number of carbonyl (C=O) groups excluding carboxylic acids is 2. The molecular formula is C23H33Cl2FN2O3S. The summed E-state index contributed by atoms with van der Waals surface area (Å²) in [5.41, 5.74) is 1.57. The van der Waals surface area contributed by atoms with Gasteiger partial charge in [0.2, 0.25) is 0 Å². The molecule has 2 fully saturated rings. The fraction of sp³-hybridized carbons (Fsp3) is 0.565. The molecule has 1 aliphatic heterocycles. The third-order valence-corrected chi connectivity index (χ3v) is 6.28. The number of benzene rings is 1. The number of likely N-dealkylation sites (N-methyl/N-ethyl adjacent to an activating group) is 1. The van der Waals surface area contributed by atoms with Gasteiger partial charge >= 0.3 is 5.97 Å². The van der Waals surface area contributed by atoms with Crippen LogP contribution in [0.2, 0.25) is 0 Å². The lowest BCUT2D eigenvalue weighted by molar-refractivity contribution is -0.144. The van der Waals surface area contributed by atoms with Gasteiger partial charge < -0.3 is 4.74 Å². The average Bonchev–Trinajstić information content (AvgIpc) is 3.55. The van der Waals surface area contributed by atoms with Crippen molar-refractivity contribution in [2.75, 3.05) is 39.8 Å². The molecule has 32 heavy (non-hydrogen) atoms. The maximum absolute atomic E-state index is 14.6. The molecule has 2 atom stereocenters. The first kappa shape index (κ1) is 28.9. The summed E-state index contributed by atoms with van der Waals surface area (Å²) < 4.78 is 19.6. The van der Waals surface area contributed by atoms with Crippen LogP contribution in [0.25, 0.3) is 0 Å². The van der Waals surface area contributed by atoms with Gasteiger partial charge in [-0.2, -0.15) is 12.6 Å². The third kappa shape index (κ3) is 7.73. The molecule has 5 nitrogen and oxygen atoms in total. The summed E-state index contributed by atoms with van der Waals surface area (Å²) >= 11 is 4.72. The Morgan fingerprint density at radius 1 is 1.28 bits per heavy atom. The molecule has 1 aromatic carbocycles. The molecule has 180 valence electrons. The fourth-order valence-electron chi connectivity index (χ4n) is 3.90. The Kier molecular flexibility index (Phi) is 12.2. The van der Waals surface area contributed by atoms with E-state index in [4.69, 9.17) is 17.4 Å². The predicted molar refractivity (Wildman–Crippen MR) is 133 cm³/mol. The molecule has 0 amide bonds. The van der Waals surface area contributed by atoms with Crippen LogP contribution in [0.4, 0.5) is 4.39 Å². The van der Waals surface area contributed by atoms with Crippen LogP contribution >= 0.6 is 37.4 Å². The maximum Gasteiger partial charge on any atom is 0.320 e. The molecule has 0 bridgehead atoms. The van der Waals surface area contributed by atoms with Crippen LogP contribution in [0, 0.1) is 11.7 Å². The number of thiol groups is 1. The Labute approximate surface area is 208 Å². The van der Waals surface area contributed by atoms with Crippen molar-refractivity contribution in [3.05, 3.63) is 47.3 Å². The summed E-state index contributed by atoms with van der Waals surface area (Å²) in [5.74, 6) is -0.409. The highest BCUT2D eigenvalue weighted by Crippen LogP contribution is 2.39. The molecule has 3 rings (SSSR count). The number of ketones is 1. The first-order valence-electron chi connectivity index (χ1n) is 10.6. The number of Topliss-reactive ketones (excluding diaryl/α,β-unsaturated/α-hetero) is 1. The third-order valence-electron chi connectivity index (χ3n) is 5.69. The number of esters is 1. The molecule has 0 spiro atoms. The summed E-state index contributed by atoms with van der Waals surface area (Å²) in [6.07, 6.45) is 4.66. The van der Waals surface area contributed by atoms with E-state index in [2.05, 4.69) is 11.0 Å². The summed E-state index contributed by atoms with van der Waals surface area (Å²) in [6.45, 7) is 4.22. The van der Waals surface area contributed by atoms with Gasteiger partial charge in [0, 0.05) is 36.4 Å². The zero-order chi connectivity index (χ0) is 21.7. The van der Waals surface area contributed by atoms with E-state index in [1.54, 1.807) is 25.1 Å². The van der Waals surface area contributed by atoms with Crippen molar-refractivity contribution in [3.63, 3.8) is 0 Å². The molecule has 1 aliphatic carbocycles. The largest absolute Gasteiger partial charge is 0.465 e. The average molecular weight is 507 g/mol. The van der Waals surface area contributed by atoms with E-state index >= 15 is 0 Å². The van der Waals surface area contributed by atoms with E-state index < -0.39 is 6.04 Å². The lowest BCUT2D eigenvalue weighted by atomic mass is 9.93. The van der Waals surface area contributed by atoms with Crippen molar-refractivity contribution in [2.45, 2.75) is 37.5 Å². The topological polar surface area (TPSA) is 49.9 Å². The summed E-state index contributed by atoms with van der Waals surface area (Å²) in [6, 6.07) is 6.04. The van der Waals surface area contributed by atoms with Crippen LogP contribution in [0.1, 0.15) is 37.8 Å². The van der Waals surface area contributed by atoms with Gasteiger partial charge in [-0.1, -0.05) is 24.3 Å². The number of rotatable bonds is 9. The van der Waals surface area contributed by atoms with Crippen LogP contribution in [-0.4, -0.2) is 66.6 Å². The van der Waals surface area contributed by atoms with E-state index in [-0.39, 0.29) is 60.1 Å². The number of carbonyl (C=O) groups is 2. The highest BCUT2D eigenvalue weighted by molar-refractivity contribution is 7.81. The van der Waals surface area contributed by atoms with Crippen molar-refractivity contribution in [3.8, 4) is 0 Å². The zero-order valence-corrected chi connectivity index (χ0v) is 21.1. The Morgan fingerprint density at radius 3 is 2.59 bits per heavy atom. The minimum Gasteiger partial charge on any atom is -0.465 e. The summed E-state index contributed by atoms with van der Waals surface area (Å²) in [4.78, 5) is 28.7. The molecule has 0 N–H and O–H groups in total. The summed E-state index contributed by atoms with van der Waals surface area (Å²) in [5, 5.41) is 0.0922. The lowest BCUT2D eigenvalue weighted by Crippen LogP contribution is -2.43. The Balaban J connectivity index is 0.00000256. The van der Waals surface area contributed by atoms with Crippen molar-refractivity contribution < 1.29 is 18.7 Å². The van der Waals surface area contributed by atoms with E-state index in [1.165, 1.54) is 6.07 Å². The normalized spacial score (nSPS) is 20.9. The van der Waals surface area contributed by atoms with E-state index in [0.29, 0.717) is 31.8 Å². The number of hydrogen-bond donors (Lipinski definition) is 1.